The number of fused-ring (bicyclic) bond motifs is 3. The number of methoxy groups -OCH3 is 1. The van der Waals surface area contributed by atoms with Crippen LogP contribution < -0.4 is 10.9 Å². The Labute approximate surface area is 174 Å². The van der Waals surface area contributed by atoms with E-state index in [1.807, 2.05) is 0 Å². The lowest BCUT2D eigenvalue weighted by atomic mass is 9.97. The first-order chi connectivity index (χ1) is 13.7. The number of nitrogens with one attached hydrogen (secondary N) is 1. The van der Waals surface area contributed by atoms with Crippen molar-refractivity contribution in [3.8, 4) is 0 Å². The first-order valence-electron chi connectivity index (χ1n) is 10.1. The quantitative estimate of drug-likeness (QED) is 0.360. The van der Waals surface area contributed by atoms with Crippen LogP contribution in [0.4, 0.5) is 0 Å². The van der Waals surface area contributed by atoms with E-state index < -0.39 is 0 Å². The molecule has 0 unspecified atom stereocenters. The van der Waals surface area contributed by atoms with Gasteiger partial charge in [-0.1, -0.05) is 31.5 Å². The minimum absolute atomic E-state index is 0.00676. The van der Waals surface area contributed by atoms with E-state index in [4.69, 9.17) is 9.72 Å². The Morgan fingerprint density at radius 1 is 1.32 bits per heavy atom. The van der Waals surface area contributed by atoms with E-state index in [0.29, 0.717) is 24.9 Å². The van der Waals surface area contributed by atoms with Gasteiger partial charge in [0.1, 0.15) is 4.83 Å². The summed E-state index contributed by atoms with van der Waals surface area (Å²) >= 11 is 2.98. The van der Waals surface area contributed by atoms with Crippen molar-refractivity contribution >= 4 is 39.2 Å². The Morgan fingerprint density at radius 3 is 2.93 bits per heavy atom. The van der Waals surface area contributed by atoms with Gasteiger partial charge in [0.25, 0.3) is 5.56 Å². The third-order valence-corrected chi connectivity index (χ3v) is 7.16. The summed E-state index contributed by atoms with van der Waals surface area (Å²) in [6.07, 6.45) is 7.55. The number of ether oxygens (including phenoxy) is 1. The highest BCUT2D eigenvalue weighted by Crippen LogP contribution is 2.34. The van der Waals surface area contributed by atoms with Crippen molar-refractivity contribution in [3.05, 3.63) is 20.8 Å². The van der Waals surface area contributed by atoms with E-state index in [-0.39, 0.29) is 17.2 Å². The smallest absolute Gasteiger partial charge is 0.263 e. The molecule has 1 aliphatic carbocycles. The predicted molar refractivity (Wildman–Crippen MR) is 116 cm³/mol. The van der Waals surface area contributed by atoms with Crippen molar-refractivity contribution in [3.63, 3.8) is 0 Å². The van der Waals surface area contributed by atoms with E-state index in [1.165, 1.54) is 28.6 Å². The summed E-state index contributed by atoms with van der Waals surface area (Å²) in [6.45, 7) is 3.73. The van der Waals surface area contributed by atoms with Crippen molar-refractivity contribution in [1.82, 2.24) is 14.9 Å². The molecule has 0 aliphatic heterocycles. The summed E-state index contributed by atoms with van der Waals surface area (Å²) in [7, 11) is 1.63. The third kappa shape index (κ3) is 4.96. The number of unbranched alkanes of at least 4 members (excludes halogenated alkanes) is 2. The van der Waals surface area contributed by atoms with Gasteiger partial charge in [-0.05, 0) is 37.7 Å². The van der Waals surface area contributed by atoms with Crippen LogP contribution >= 0.6 is 23.1 Å². The lowest BCUT2D eigenvalue weighted by Gasteiger charge is -2.13. The fourth-order valence-electron chi connectivity index (χ4n) is 3.49. The van der Waals surface area contributed by atoms with E-state index >= 15 is 0 Å². The molecular formula is C20H29N3O3S2. The number of aryl methyl sites for hydroxylation is 2. The van der Waals surface area contributed by atoms with Gasteiger partial charge in [-0.15, -0.1) is 11.3 Å². The van der Waals surface area contributed by atoms with Crippen LogP contribution in [0, 0.1) is 0 Å². The van der Waals surface area contributed by atoms with Crippen molar-refractivity contribution in [2.75, 3.05) is 26.0 Å². The second kappa shape index (κ2) is 10.4. The Kier molecular flexibility index (Phi) is 7.93. The molecule has 1 amide bonds. The molecule has 154 valence electrons. The zero-order valence-corrected chi connectivity index (χ0v) is 18.3. The van der Waals surface area contributed by atoms with Crippen LogP contribution in [0.5, 0.6) is 0 Å². The SMILES string of the molecule is CCCCCNC(=O)CSc1nc2sc3c(c2c(=O)n1CCOC)CCCC3. The van der Waals surface area contributed by atoms with Crippen molar-refractivity contribution < 1.29 is 9.53 Å². The fourth-order valence-corrected chi connectivity index (χ4v) is 5.65. The molecule has 8 heteroatoms. The number of carbonyl (C=O) groups excluding carboxylic acids is 1. The minimum atomic E-state index is -0.0146. The predicted octanol–water partition coefficient (Wildman–Crippen LogP) is 3.38. The molecule has 0 fully saturated rings. The molecule has 28 heavy (non-hydrogen) atoms. The number of carbonyl (C=O) groups is 1. The number of thioether (sulfide) groups is 1. The molecule has 0 radical (unpaired) electrons. The first-order valence-corrected chi connectivity index (χ1v) is 11.9. The molecule has 3 rings (SSSR count). The molecule has 2 aromatic rings. The van der Waals surface area contributed by atoms with E-state index in [2.05, 4.69) is 12.2 Å². The first kappa shape index (κ1) is 21.3. The molecule has 0 saturated heterocycles. The molecular weight excluding hydrogens is 394 g/mol. The third-order valence-electron chi connectivity index (χ3n) is 4.99. The summed E-state index contributed by atoms with van der Waals surface area (Å²) in [5.74, 6) is 0.251. The van der Waals surface area contributed by atoms with Crippen LogP contribution in [0.3, 0.4) is 0 Å². The topological polar surface area (TPSA) is 73.2 Å². The molecule has 0 spiro atoms. The van der Waals surface area contributed by atoms with Gasteiger partial charge in [-0.2, -0.15) is 0 Å². The van der Waals surface area contributed by atoms with E-state index in [9.17, 15) is 9.59 Å². The zero-order valence-electron chi connectivity index (χ0n) is 16.7. The fraction of sp³-hybridized carbons (Fsp3) is 0.650. The molecule has 0 bridgehead atoms. The Morgan fingerprint density at radius 2 is 2.14 bits per heavy atom. The number of aromatic nitrogens is 2. The van der Waals surface area contributed by atoms with Gasteiger partial charge in [0.2, 0.25) is 5.91 Å². The van der Waals surface area contributed by atoms with Gasteiger partial charge < -0.3 is 10.1 Å². The minimum Gasteiger partial charge on any atom is -0.383 e. The average Bonchev–Trinajstić information content (AvgIpc) is 3.07. The number of nitrogens with zero attached hydrogens (tertiary/aromatic N) is 2. The molecule has 0 atom stereocenters. The van der Waals surface area contributed by atoms with Crippen LogP contribution in [0.1, 0.15) is 49.5 Å². The maximum Gasteiger partial charge on any atom is 0.263 e. The van der Waals surface area contributed by atoms with Crippen LogP contribution in [-0.4, -0.2) is 41.5 Å². The number of rotatable bonds is 10. The van der Waals surface area contributed by atoms with Crippen LogP contribution in [0.15, 0.2) is 9.95 Å². The monoisotopic (exact) mass is 423 g/mol. The van der Waals surface area contributed by atoms with Gasteiger partial charge in [0.15, 0.2) is 5.16 Å². The average molecular weight is 424 g/mol. The van der Waals surface area contributed by atoms with Crippen LogP contribution in [0.25, 0.3) is 10.2 Å². The Hall–Kier alpha value is -1.38. The molecule has 2 heterocycles. The van der Waals surface area contributed by atoms with Gasteiger partial charge in [0, 0.05) is 18.5 Å². The molecule has 1 aliphatic rings. The van der Waals surface area contributed by atoms with E-state index in [1.54, 1.807) is 23.0 Å². The van der Waals surface area contributed by atoms with Crippen molar-refractivity contribution in [2.45, 2.75) is 63.6 Å². The summed E-state index contributed by atoms with van der Waals surface area (Å²) in [5, 5.41) is 4.33. The van der Waals surface area contributed by atoms with Crippen molar-refractivity contribution in [1.29, 1.82) is 0 Å². The highest BCUT2D eigenvalue weighted by molar-refractivity contribution is 7.99. The summed E-state index contributed by atoms with van der Waals surface area (Å²) < 4.78 is 6.87. The van der Waals surface area contributed by atoms with Gasteiger partial charge in [-0.25, -0.2) is 4.98 Å². The van der Waals surface area contributed by atoms with Gasteiger partial charge in [-0.3, -0.25) is 14.2 Å². The van der Waals surface area contributed by atoms with Gasteiger partial charge >= 0.3 is 0 Å². The van der Waals surface area contributed by atoms with Gasteiger partial charge in [0.05, 0.1) is 24.3 Å². The lowest BCUT2D eigenvalue weighted by Crippen LogP contribution is -2.28. The zero-order chi connectivity index (χ0) is 19.9. The highest BCUT2D eigenvalue weighted by Gasteiger charge is 2.22. The Balaban J connectivity index is 1.82. The molecule has 0 saturated carbocycles. The summed E-state index contributed by atoms with van der Waals surface area (Å²) in [5.41, 5.74) is 1.20. The molecule has 1 N–H and O–H groups in total. The summed E-state index contributed by atoms with van der Waals surface area (Å²) in [4.78, 5) is 32.3. The summed E-state index contributed by atoms with van der Waals surface area (Å²) in [6, 6.07) is 0. The highest BCUT2D eigenvalue weighted by atomic mass is 32.2. The van der Waals surface area contributed by atoms with Crippen LogP contribution in [-0.2, 0) is 28.9 Å². The second-order valence-electron chi connectivity index (χ2n) is 7.08. The number of hydrogen-bond acceptors (Lipinski definition) is 6. The second-order valence-corrected chi connectivity index (χ2v) is 9.11. The normalized spacial score (nSPS) is 13.6. The van der Waals surface area contributed by atoms with Crippen LogP contribution in [0.2, 0.25) is 0 Å². The maximum atomic E-state index is 13.2. The molecule has 6 nitrogen and oxygen atoms in total. The van der Waals surface area contributed by atoms with Crippen molar-refractivity contribution in [2.24, 2.45) is 0 Å². The largest absolute Gasteiger partial charge is 0.383 e. The molecule has 2 aromatic heterocycles. The lowest BCUT2D eigenvalue weighted by molar-refractivity contribution is -0.118. The number of hydrogen-bond donors (Lipinski definition) is 1. The Bertz CT molecular complexity index is 876. The maximum absolute atomic E-state index is 13.2. The standard InChI is InChI=1S/C20H29N3O3S2/c1-3-4-7-10-21-16(24)13-27-20-22-18-17(19(25)23(20)11-12-26-2)14-8-5-6-9-15(14)28-18/h3-13H2,1-2H3,(H,21,24). The molecule has 0 aromatic carbocycles. The van der Waals surface area contributed by atoms with E-state index in [0.717, 1.165) is 48.7 Å². The number of thiophene rings is 1. The number of amides is 1.